The molecule has 0 unspecified atom stereocenters. The summed E-state index contributed by atoms with van der Waals surface area (Å²) in [5, 5.41) is 7.19. The van der Waals surface area contributed by atoms with E-state index in [2.05, 4.69) is 20.4 Å². The van der Waals surface area contributed by atoms with Crippen molar-refractivity contribution in [2.24, 2.45) is 5.92 Å². The molecule has 1 aromatic carbocycles. The normalized spacial score (nSPS) is 20.7. The van der Waals surface area contributed by atoms with Crippen LogP contribution in [-0.2, 0) is 11.2 Å². The van der Waals surface area contributed by atoms with Crippen LogP contribution in [0.4, 0.5) is 0 Å². The monoisotopic (exact) mass is 458 g/mol. The average molecular weight is 459 g/mol. The molecular formula is C24H34N4O5. The Bertz CT molecular complexity index is 920. The van der Waals surface area contributed by atoms with Crippen molar-refractivity contribution in [3.8, 4) is 28.6 Å². The molecule has 2 saturated heterocycles. The summed E-state index contributed by atoms with van der Waals surface area (Å²) in [4.78, 5) is 19.5. The number of methoxy groups -OCH3 is 3. The Labute approximate surface area is 194 Å². The van der Waals surface area contributed by atoms with Crippen LogP contribution in [0.1, 0.15) is 44.4 Å². The van der Waals surface area contributed by atoms with E-state index in [4.69, 9.17) is 18.7 Å². The second-order valence-electron chi connectivity index (χ2n) is 8.73. The zero-order chi connectivity index (χ0) is 23.2. The Balaban J connectivity index is 1.31. The molecule has 3 heterocycles. The average Bonchev–Trinajstić information content (AvgIpc) is 3.34. The standard InChI is InChI=1S/C24H34N4O5/c1-30-19-13-17(14-20(31-2)23(19)32-3)24-26-22(33-27-24)10-9-21(29)25-15-16-7-6-12-28-11-5-4-8-18(16)28/h13-14,16,18H,4-12,15H2,1-3H3,(H,25,29)/t16-,18+/m1/s1. The molecule has 2 fully saturated rings. The summed E-state index contributed by atoms with van der Waals surface area (Å²) in [7, 11) is 4.66. The van der Waals surface area contributed by atoms with Crippen molar-refractivity contribution in [1.82, 2.24) is 20.4 Å². The van der Waals surface area contributed by atoms with Crippen LogP contribution in [-0.4, -0.2) is 68.0 Å². The van der Waals surface area contributed by atoms with Crippen molar-refractivity contribution in [1.29, 1.82) is 0 Å². The predicted molar refractivity (Wildman–Crippen MR) is 123 cm³/mol. The highest BCUT2D eigenvalue weighted by Crippen LogP contribution is 2.40. The largest absolute Gasteiger partial charge is 0.493 e. The number of benzene rings is 1. The van der Waals surface area contributed by atoms with Crippen LogP contribution >= 0.6 is 0 Å². The molecule has 1 amide bonds. The van der Waals surface area contributed by atoms with Gasteiger partial charge in [-0.15, -0.1) is 0 Å². The third-order valence-corrected chi connectivity index (χ3v) is 6.75. The van der Waals surface area contributed by atoms with Crippen LogP contribution in [0.5, 0.6) is 17.2 Å². The van der Waals surface area contributed by atoms with Gasteiger partial charge in [0, 0.05) is 31.0 Å². The fraction of sp³-hybridized carbons (Fsp3) is 0.625. The number of nitrogens with zero attached hydrogens (tertiary/aromatic N) is 3. The number of carbonyl (C=O) groups is 1. The summed E-state index contributed by atoms with van der Waals surface area (Å²) in [6.07, 6.45) is 6.99. The fourth-order valence-corrected chi connectivity index (χ4v) is 5.05. The maximum absolute atomic E-state index is 12.5. The first kappa shape index (κ1) is 23.4. The first-order chi connectivity index (χ1) is 16.1. The second-order valence-corrected chi connectivity index (χ2v) is 8.73. The van der Waals surface area contributed by atoms with Gasteiger partial charge in [0.05, 0.1) is 21.3 Å². The molecule has 0 saturated carbocycles. The molecule has 9 heteroatoms. The molecule has 0 bridgehead atoms. The van der Waals surface area contributed by atoms with E-state index >= 15 is 0 Å². The Morgan fingerprint density at radius 1 is 1.09 bits per heavy atom. The number of piperidine rings is 2. The summed E-state index contributed by atoms with van der Waals surface area (Å²) in [6.45, 7) is 3.17. The fourth-order valence-electron chi connectivity index (χ4n) is 5.05. The maximum atomic E-state index is 12.5. The molecule has 2 atom stereocenters. The van der Waals surface area contributed by atoms with Crippen LogP contribution in [0.15, 0.2) is 16.7 Å². The molecule has 2 aliphatic rings. The Morgan fingerprint density at radius 3 is 2.58 bits per heavy atom. The van der Waals surface area contributed by atoms with Gasteiger partial charge in [-0.2, -0.15) is 4.98 Å². The van der Waals surface area contributed by atoms with Gasteiger partial charge in [0.25, 0.3) is 0 Å². The number of ether oxygens (including phenoxy) is 3. The highest BCUT2D eigenvalue weighted by atomic mass is 16.5. The highest BCUT2D eigenvalue weighted by Gasteiger charge is 2.32. The molecule has 2 aliphatic heterocycles. The number of carbonyl (C=O) groups excluding carboxylic acids is 1. The summed E-state index contributed by atoms with van der Waals surface area (Å²) in [5.74, 6) is 2.93. The Morgan fingerprint density at radius 2 is 1.85 bits per heavy atom. The summed E-state index contributed by atoms with van der Waals surface area (Å²) >= 11 is 0. The molecule has 0 radical (unpaired) electrons. The van der Waals surface area contributed by atoms with Crippen LogP contribution in [0.25, 0.3) is 11.4 Å². The number of rotatable bonds is 9. The lowest BCUT2D eigenvalue weighted by atomic mass is 9.83. The quantitative estimate of drug-likeness (QED) is 0.612. The lowest BCUT2D eigenvalue weighted by Gasteiger charge is -2.44. The van der Waals surface area contributed by atoms with Gasteiger partial charge in [-0.05, 0) is 56.8 Å². The van der Waals surface area contributed by atoms with Crippen molar-refractivity contribution in [2.75, 3.05) is 41.0 Å². The third kappa shape index (κ3) is 5.40. The number of aryl methyl sites for hydroxylation is 1. The minimum Gasteiger partial charge on any atom is -0.493 e. The van der Waals surface area contributed by atoms with E-state index in [0.717, 1.165) is 6.54 Å². The minimum absolute atomic E-state index is 0.0236. The first-order valence-electron chi connectivity index (χ1n) is 11.8. The zero-order valence-corrected chi connectivity index (χ0v) is 19.8. The number of hydrogen-bond donors (Lipinski definition) is 1. The predicted octanol–water partition coefficient (Wildman–Crippen LogP) is 3.08. The van der Waals surface area contributed by atoms with Crippen molar-refractivity contribution >= 4 is 5.91 Å². The minimum atomic E-state index is 0.0236. The topological polar surface area (TPSA) is 99.0 Å². The molecule has 0 aliphatic carbocycles. The van der Waals surface area contributed by atoms with Crippen molar-refractivity contribution in [2.45, 2.75) is 51.0 Å². The van der Waals surface area contributed by atoms with Crippen molar-refractivity contribution in [3.05, 3.63) is 18.0 Å². The van der Waals surface area contributed by atoms with Crippen LogP contribution in [0.2, 0.25) is 0 Å². The number of fused-ring (bicyclic) bond motifs is 1. The summed E-state index contributed by atoms with van der Waals surface area (Å²) in [6, 6.07) is 4.16. The lowest BCUT2D eigenvalue weighted by molar-refractivity contribution is -0.121. The van der Waals surface area contributed by atoms with E-state index in [0.29, 0.717) is 59.3 Å². The summed E-state index contributed by atoms with van der Waals surface area (Å²) in [5.41, 5.74) is 0.679. The van der Waals surface area contributed by atoms with Crippen LogP contribution in [0, 0.1) is 5.92 Å². The van der Waals surface area contributed by atoms with Crippen LogP contribution < -0.4 is 19.5 Å². The molecule has 9 nitrogen and oxygen atoms in total. The van der Waals surface area contributed by atoms with E-state index in [1.54, 1.807) is 33.5 Å². The smallest absolute Gasteiger partial charge is 0.227 e. The molecule has 1 aromatic heterocycles. The maximum Gasteiger partial charge on any atom is 0.227 e. The van der Waals surface area contributed by atoms with Gasteiger partial charge in [-0.3, -0.25) is 4.79 Å². The van der Waals surface area contributed by atoms with Gasteiger partial charge >= 0.3 is 0 Å². The van der Waals surface area contributed by atoms with Crippen molar-refractivity contribution < 1.29 is 23.5 Å². The number of aromatic nitrogens is 2. The van der Waals surface area contributed by atoms with Gasteiger partial charge in [-0.1, -0.05) is 11.6 Å². The summed E-state index contributed by atoms with van der Waals surface area (Å²) < 4.78 is 21.5. The number of nitrogens with one attached hydrogen (secondary N) is 1. The van der Waals surface area contributed by atoms with Gasteiger partial charge < -0.3 is 29.0 Å². The SMILES string of the molecule is COc1cc(-c2noc(CCC(=O)NC[C@H]3CCCN4CCCC[C@@H]34)n2)cc(OC)c1OC. The van der Waals surface area contributed by atoms with E-state index in [9.17, 15) is 4.79 Å². The van der Waals surface area contributed by atoms with Gasteiger partial charge in [-0.25, -0.2) is 0 Å². The van der Waals surface area contributed by atoms with E-state index in [-0.39, 0.29) is 5.91 Å². The molecule has 4 rings (SSSR count). The first-order valence-corrected chi connectivity index (χ1v) is 11.8. The van der Waals surface area contributed by atoms with Crippen molar-refractivity contribution in [3.63, 3.8) is 0 Å². The van der Waals surface area contributed by atoms with Gasteiger partial charge in [0.2, 0.25) is 23.4 Å². The third-order valence-electron chi connectivity index (χ3n) is 6.75. The Hall–Kier alpha value is -2.81. The Kier molecular flexibility index (Phi) is 7.69. The lowest BCUT2D eigenvalue weighted by Crippen LogP contribution is -2.51. The molecule has 2 aromatic rings. The van der Waals surface area contributed by atoms with E-state index in [1.807, 2.05) is 0 Å². The molecule has 0 spiro atoms. The molecular weight excluding hydrogens is 424 g/mol. The second kappa shape index (κ2) is 10.9. The molecule has 1 N–H and O–H groups in total. The molecule has 180 valence electrons. The highest BCUT2D eigenvalue weighted by molar-refractivity contribution is 5.76. The van der Waals surface area contributed by atoms with Crippen LogP contribution in [0.3, 0.4) is 0 Å². The van der Waals surface area contributed by atoms with E-state index < -0.39 is 0 Å². The zero-order valence-electron chi connectivity index (χ0n) is 19.8. The van der Waals surface area contributed by atoms with E-state index in [1.165, 1.54) is 45.2 Å². The number of hydrogen-bond acceptors (Lipinski definition) is 8. The van der Waals surface area contributed by atoms with Gasteiger partial charge in [0.15, 0.2) is 11.5 Å². The molecule has 33 heavy (non-hydrogen) atoms. The number of amides is 1. The van der Waals surface area contributed by atoms with Gasteiger partial charge in [0.1, 0.15) is 0 Å².